The molecule has 0 aromatic heterocycles. The van der Waals surface area contributed by atoms with E-state index in [1.54, 1.807) is 0 Å². The fourth-order valence-corrected chi connectivity index (χ4v) is 2.60. The van der Waals surface area contributed by atoms with E-state index in [0.717, 1.165) is 22.6 Å². The minimum atomic E-state index is -0.412. The first-order valence-electron chi connectivity index (χ1n) is 6.49. The SMILES string of the molecule is Cc1cccc(C(C)(N)Cc2ccc(C)cc2Cl)c1. The molecule has 100 valence electrons. The van der Waals surface area contributed by atoms with Crippen LogP contribution in [0.25, 0.3) is 0 Å². The molecule has 0 spiro atoms. The summed E-state index contributed by atoms with van der Waals surface area (Å²) in [6.07, 6.45) is 0.732. The van der Waals surface area contributed by atoms with Crippen molar-refractivity contribution in [3.05, 3.63) is 69.7 Å². The van der Waals surface area contributed by atoms with Crippen molar-refractivity contribution < 1.29 is 0 Å². The van der Waals surface area contributed by atoms with Gasteiger partial charge in [0.1, 0.15) is 0 Å². The quantitative estimate of drug-likeness (QED) is 0.883. The summed E-state index contributed by atoms with van der Waals surface area (Å²) in [5, 5.41) is 0.796. The first-order valence-corrected chi connectivity index (χ1v) is 6.87. The summed E-state index contributed by atoms with van der Waals surface area (Å²) in [6.45, 7) is 6.17. The largest absolute Gasteiger partial charge is 0.321 e. The highest BCUT2D eigenvalue weighted by molar-refractivity contribution is 6.31. The van der Waals surface area contributed by atoms with Crippen molar-refractivity contribution in [1.82, 2.24) is 0 Å². The number of nitrogens with two attached hydrogens (primary N) is 1. The fraction of sp³-hybridized carbons (Fsp3) is 0.294. The van der Waals surface area contributed by atoms with Crippen molar-refractivity contribution in [2.75, 3.05) is 0 Å². The summed E-state index contributed by atoms with van der Waals surface area (Å²) in [5.74, 6) is 0. The number of hydrogen-bond donors (Lipinski definition) is 1. The maximum absolute atomic E-state index is 6.49. The number of rotatable bonds is 3. The zero-order valence-corrected chi connectivity index (χ0v) is 12.5. The van der Waals surface area contributed by atoms with Crippen molar-refractivity contribution in [2.24, 2.45) is 5.73 Å². The van der Waals surface area contributed by atoms with Crippen LogP contribution in [0.2, 0.25) is 5.02 Å². The van der Waals surface area contributed by atoms with Crippen LogP contribution in [-0.4, -0.2) is 0 Å². The van der Waals surface area contributed by atoms with Gasteiger partial charge in [-0.25, -0.2) is 0 Å². The van der Waals surface area contributed by atoms with Crippen LogP contribution in [0.5, 0.6) is 0 Å². The molecule has 0 aliphatic carbocycles. The molecule has 2 heteroatoms. The molecule has 0 saturated carbocycles. The van der Waals surface area contributed by atoms with Crippen molar-refractivity contribution in [2.45, 2.75) is 32.7 Å². The number of hydrogen-bond acceptors (Lipinski definition) is 1. The van der Waals surface area contributed by atoms with E-state index < -0.39 is 5.54 Å². The molecule has 0 amide bonds. The Hall–Kier alpha value is -1.31. The molecule has 0 heterocycles. The summed E-state index contributed by atoms with van der Waals surface area (Å²) < 4.78 is 0. The summed E-state index contributed by atoms with van der Waals surface area (Å²) in [6, 6.07) is 14.5. The molecule has 2 rings (SSSR count). The third-order valence-electron chi connectivity index (χ3n) is 3.44. The van der Waals surface area contributed by atoms with Gasteiger partial charge in [0, 0.05) is 10.6 Å². The molecule has 2 aromatic rings. The summed E-state index contributed by atoms with van der Waals surface area (Å²) in [4.78, 5) is 0. The van der Waals surface area contributed by atoms with Crippen LogP contribution >= 0.6 is 11.6 Å². The average molecular weight is 274 g/mol. The number of aryl methyl sites for hydroxylation is 2. The lowest BCUT2D eigenvalue weighted by Crippen LogP contribution is -2.35. The van der Waals surface area contributed by atoms with Crippen LogP contribution in [-0.2, 0) is 12.0 Å². The molecular formula is C17H20ClN. The molecule has 0 bridgehead atoms. The Labute approximate surface area is 120 Å². The molecule has 0 aliphatic rings. The molecule has 1 nitrogen and oxygen atoms in total. The molecule has 1 unspecified atom stereocenters. The average Bonchev–Trinajstić information content (AvgIpc) is 2.33. The maximum Gasteiger partial charge on any atom is 0.0441 e. The molecular weight excluding hydrogens is 254 g/mol. The topological polar surface area (TPSA) is 26.0 Å². The van der Waals surface area contributed by atoms with Gasteiger partial charge in [-0.3, -0.25) is 0 Å². The highest BCUT2D eigenvalue weighted by Gasteiger charge is 2.22. The van der Waals surface area contributed by atoms with Crippen LogP contribution in [0.15, 0.2) is 42.5 Å². The lowest BCUT2D eigenvalue weighted by Gasteiger charge is -2.26. The molecule has 19 heavy (non-hydrogen) atoms. The fourth-order valence-electron chi connectivity index (χ4n) is 2.29. The lowest BCUT2D eigenvalue weighted by molar-refractivity contribution is 0.491. The summed E-state index contributed by atoms with van der Waals surface area (Å²) >= 11 is 6.30. The molecule has 1 atom stereocenters. The summed E-state index contributed by atoms with van der Waals surface area (Å²) in [5.41, 5.74) is 10.7. The molecule has 0 radical (unpaired) electrons. The van der Waals surface area contributed by atoms with E-state index in [1.807, 2.05) is 19.1 Å². The third-order valence-corrected chi connectivity index (χ3v) is 3.80. The van der Waals surface area contributed by atoms with E-state index in [-0.39, 0.29) is 0 Å². The van der Waals surface area contributed by atoms with E-state index in [9.17, 15) is 0 Å². The number of halogens is 1. The monoisotopic (exact) mass is 273 g/mol. The Morgan fingerprint density at radius 2 is 1.74 bits per heavy atom. The van der Waals surface area contributed by atoms with Gasteiger partial charge in [-0.15, -0.1) is 0 Å². The molecule has 0 fully saturated rings. The van der Waals surface area contributed by atoms with Gasteiger partial charge in [0.05, 0.1) is 0 Å². The Morgan fingerprint density at radius 3 is 2.37 bits per heavy atom. The standard InChI is InChI=1S/C17H20ClN/c1-12-5-4-6-15(9-12)17(3,19)11-14-8-7-13(2)10-16(14)18/h4-10H,11,19H2,1-3H3. The van der Waals surface area contributed by atoms with Crippen LogP contribution in [0.4, 0.5) is 0 Å². The van der Waals surface area contributed by atoms with Gasteiger partial charge >= 0.3 is 0 Å². The smallest absolute Gasteiger partial charge is 0.0441 e. The second-order valence-electron chi connectivity index (χ2n) is 5.56. The van der Waals surface area contributed by atoms with Crippen LogP contribution < -0.4 is 5.73 Å². The second kappa shape index (κ2) is 5.36. The zero-order chi connectivity index (χ0) is 14.0. The molecule has 2 aromatic carbocycles. The normalized spacial score (nSPS) is 14.2. The van der Waals surface area contributed by atoms with E-state index in [1.165, 1.54) is 11.1 Å². The van der Waals surface area contributed by atoms with Crippen LogP contribution in [0.1, 0.15) is 29.2 Å². The van der Waals surface area contributed by atoms with Crippen molar-refractivity contribution in [3.63, 3.8) is 0 Å². The van der Waals surface area contributed by atoms with Gasteiger partial charge in [-0.1, -0.05) is 53.6 Å². The molecule has 0 aliphatic heterocycles. The van der Waals surface area contributed by atoms with Gasteiger partial charge in [-0.2, -0.15) is 0 Å². The van der Waals surface area contributed by atoms with Gasteiger partial charge in [0.25, 0.3) is 0 Å². The van der Waals surface area contributed by atoms with E-state index in [0.29, 0.717) is 0 Å². The second-order valence-corrected chi connectivity index (χ2v) is 5.97. The molecule has 0 saturated heterocycles. The Morgan fingerprint density at radius 1 is 1.05 bits per heavy atom. The van der Waals surface area contributed by atoms with E-state index in [4.69, 9.17) is 17.3 Å². The van der Waals surface area contributed by atoms with Crippen molar-refractivity contribution >= 4 is 11.6 Å². The highest BCUT2D eigenvalue weighted by Crippen LogP contribution is 2.27. The zero-order valence-electron chi connectivity index (χ0n) is 11.7. The van der Waals surface area contributed by atoms with Crippen molar-refractivity contribution in [3.8, 4) is 0 Å². The van der Waals surface area contributed by atoms with Crippen molar-refractivity contribution in [1.29, 1.82) is 0 Å². The van der Waals surface area contributed by atoms with Gasteiger partial charge in [0.15, 0.2) is 0 Å². The predicted molar refractivity (Wildman–Crippen MR) is 82.6 cm³/mol. The summed E-state index contributed by atoms with van der Waals surface area (Å²) in [7, 11) is 0. The molecule has 2 N–H and O–H groups in total. The van der Waals surface area contributed by atoms with Crippen LogP contribution in [0, 0.1) is 13.8 Å². The minimum absolute atomic E-state index is 0.412. The first kappa shape index (κ1) is 14.1. The van der Waals surface area contributed by atoms with Gasteiger partial charge in [0.2, 0.25) is 0 Å². The van der Waals surface area contributed by atoms with Crippen LogP contribution in [0.3, 0.4) is 0 Å². The number of benzene rings is 2. The maximum atomic E-state index is 6.49. The van der Waals surface area contributed by atoms with Gasteiger partial charge < -0.3 is 5.73 Å². The van der Waals surface area contributed by atoms with E-state index >= 15 is 0 Å². The highest BCUT2D eigenvalue weighted by atomic mass is 35.5. The Bertz CT molecular complexity index is 588. The minimum Gasteiger partial charge on any atom is -0.321 e. The Kier molecular flexibility index (Phi) is 3.98. The van der Waals surface area contributed by atoms with Gasteiger partial charge in [-0.05, 0) is 49.9 Å². The Balaban J connectivity index is 2.30. The predicted octanol–water partition coefficient (Wildman–Crippen LogP) is 4.37. The lowest BCUT2D eigenvalue weighted by atomic mass is 9.86. The van der Waals surface area contributed by atoms with E-state index in [2.05, 4.69) is 44.2 Å². The third kappa shape index (κ3) is 3.37. The first-order chi connectivity index (χ1) is 8.88.